The first-order valence-corrected chi connectivity index (χ1v) is 6.40. The van der Waals surface area contributed by atoms with Gasteiger partial charge in [-0.2, -0.15) is 0 Å². The van der Waals surface area contributed by atoms with Crippen LogP contribution in [-0.4, -0.2) is 5.60 Å². The van der Waals surface area contributed by atoms with E-state index in [1.807, 2.05) is 0 Å². The predicted octanol–water partition coefficient (Wildman–Crippen LogP) is 4.80. The molecular weight excluding hydrogens is 220 g/mol. The average Bonchev–Trinajstić information content (AvgIpc) is 2.35. The molecule has 0 aromatic heterocycles. The second-order valence-corrected chi connectivity index (χ2v) is 5.52. The summed E-state index contributed by atoms with van der Waals surface area (Å²) in [6, 6.07) is 12.7. The molecule has 0 bridgehead atoms. The Morgan fingerprint density at radius 3 is 2.44 bits per heavy atom. The van der Waals surface area contributed by atoms with Crippen molar-refractivity contribution < 1.29 is 4.74 Å². The van der Waals surface area contributed by atoms with Gasteiger partial charge in [-0.25, -0.2) is 0 Å². The van der Waals surface area contributed by atoms with Crippen molar-refractivity contribution in [3.8, 4) is 5.75 Å². The Labute approximate surface area is 108 Å². The molecule has 0 saturated heterocycles. The van der Waals surface area contributed by atoms with Crippen LogP contribution in [-0.2, 0) is 0 Å². The fourth-order valence-corrected chi connectivity index (χ4v) is 2.71. The monoisotopic (exact) mass is 238 g/mol. The van der Waals surface area contributed by atoms with Crippen molar-refractivity contribution >= 4 is 16.3 Å². The lowest BCUT2D eigenvalue weighted by molar-refractivity contribution is 0.145. The summed E-state index contributed by atoms with van der Waals surface area (Å²) in [4.78, 5) is 0. The molecule has 1 heteroatoms. The van der Waals surface area contributed by atoms with Crippen LogP contribution in [0.25, 0.3) is 16.3 Å². The highest BCUT2D eigenvalue weighted by Crippen LogP contribution is 2.43. The van der Waals surface area contributed by atoms with Crippen LogP contribution in [0.4, 0.5) is 0 Å². The number of benzene rings is 2. The largest absolute Gasteiger partial charge is 0.483 e. The standard InChI is InChI=1S/C17H18O/c1-11-12(2)17(3,4)18-15-10-9-13-7-5-6-8-14(13)16(11)15/h5-10H,1-4H3. The highest BCUT2D eigenvalue weighted by Gasteiger charge is 2.31. The SMILES string of the molecule is CC1=C(C)C(C)(C)Oc2ccc3ccccc3c21. The Kier molecular flexibility index (Phi) is 2.28. The highest BCUT2D eigenvalue weighted by molar-refractivity contribution is 5.97. The van der Waals surface area contributed by atoms with Crippen molar-refractivity contribution in [2.24, 2.45) is 0 Å². The zero-order valence-electron chi connectivity index (χ0n) is 11.4. The molecule has 1 heterocycles. The van der Waals surface area contributed by atoms with Crippen LogP contribution in [0.1, 0.15) is 33.3 Å². The highest BCUT2D eigenvalue weighted by atomic mass is 16.5. The summed E-state index contributed by atoms with van der Waals surface area (Å²) < 4.78 is 6.15. The van der Waals surface area contributed by atoms with E-state index in [2.05, 4.69) is 64.1 Å². The molecule has 0 spiro atoms. The summed E-state index contributed by atoms with van der Waals surface area (Å²) in [5.41, 5.74) is 3.70. The lowest BCUT2D eigenvalue weighted by Crippen LogP contribution is -2.33. The van der Waals surface area contributed by atoms with E-state index in [0.29, 0.717) is 0 Å². The first-order valence-electron chi connectivity index (χ1n) is 6.40. The molecule has 92 valence electrons. The molecule has 0 amide bonds. The first-order chi connectivity index (χ1) is 8.50. The van der Waals surface area contributed by atoms with Gasteiger partial charge in [0.1, 0.15) is 11.4 Å². The number of ether oxygens (including phenoxy) is 1. The molecule has 2 aromatic rings. The van der Waals surface area contributed by atoms with E-state index in [0.717, 1.165) is 5.75 Å². The fourth-order valence-electron chi connectivity index (χ4n) is 2.71. The molecule has 1 aliphatic rings. The van der Waals surface area contributed by atoms with Gasteiger partial charge in [-0.15, -0.1) is 0 Å². The molecule has 3 rings (SSSR count). The van der Waals surface area contributed by atoms with E-state index in [1.165, 1.54) is 27.5 Å². The summed E-state index contributed by atoms with van der Waals surface area (Å²) in [5.74, 6) is 1.00. The summed E-state index contributed by atoms with van der Waals surface area (Å²) >= 11 is 0. The molecule has 0 atom stereocenters. The van der Waals surface area contributed by atoms with Crippen LogP contribution in [0.2, 0.25) is 0 Å². The van der Waals surface area contributed by atoms with Crippen LogP contribution >= 0.6 is 0 Å². The fraction of sp³-hybridized carbons (Fsp3) is 0.294. The van der Waals surface area contributed by atoms with Crippen LogP contribution < -0.4 is 4.74 Å². The maximum atomic E-state index is 6.15. The minimum Gasteiger partial charge on any atom is -0.483 e. The van der Waals surface area contributed by atoms with E-state index in [9.17, 15) is 0 Å². The summed E-state index contributed by atoms with van der Waals surface area (Å²) in [5, 5.41) is 2.55. The lowest BCUT2D eigenvalue weighted by atomic mass is 9.86. The minimum absolute atomic E-state index is 0.209. The average molecular weight is 238 g/mol. The van der Waals surface area contributed by atoms with Gasteiger partial charge >= 0.3 is 0 Å². The molecule has 1 aliphatic heterocycles. The summed E-state index contributed by atoms with van der Waals surface area (Å²) in [6.45, 7) is 8.62. The summed E-state index contributed by atoms with van der Waals surface area (Å²) in [7, 11) is 0. The van der Waals surface area contributed by atoms with Gasteiger partial charge in [0.25, 0.3) is 0 Å². The normalized spacial score (nSPS) is 17.6. The van der Waals surface area contributed by atoms with Gasteiger partial charge in [-0.3, -0.25) is 0 Å². The van der Waals surface area contributed by atoms with Crippen molar-refractivity contribution in [1.82, 2.24) is 0 Å². The molecule has 2 aromatic carbocycles. The van der Waals surface area contributed by atoms with Crippen molar-refractivity contribution in [1.29, 1.82) is 0 Å². The third kappa shape index (κ3) is 1.47. The second-order valence-electron chi connectivity index (χ2n) is 5.52. The van der Waals surface area contributed by atoms with Crippen LogP contribution in [0, 0.1) is 0 Å². The van der Waals surface area contributed by atoms with Crippen molar-refractivity contribution in [2.45, 2.75) is 33.3 Å². The number of allylic oxidation sites excluding steroid dienone is 1. The van der Waals surface area contributed by atoms with Crippen molar-refractivity contribution in [3.05, 3.63) is 47.5 Å². The van der Waals surface area contributed by atoms with Gasteiger partial charge in [0.05, 0.1) is 0 Å². The Morgan fingerprint density at radius 1 is 0.944 bits per heavy atom. The third-order valence-corrected chi connectivity index (χ3v) is 4.10. The molecular formula is C17H18O. The number of hydrogen-bond acceptors (Lipinski definition) is 1. The van der Waals surface area contributed by atoms with Gasteiger partial charge < -0.3 is 4.74 Å². The predicted molar refractivity (Wildman–Crippen MR) is 76.9 cm³/mol. The van der Waals surface area contributed by atoms with Crippen LogP contribution in [0.15, 0.2) is 42.0 Å². The Balaban J connectivity index is 2.40. The molecule has 0 radical (unpaired) electrons. The second kappa shape index (κ2) is 3.61. The smallest absolute Gasteiger partial charge is 0.128 e. The molecule has 0 aliphatic carbocycles. The van der Waals surface area contributed by atoms with Gasteiger partial charge in [-0.1, -0.05) is 30.3 Å². The van der Waals surface area contributed by atoms with Gasteiger partial charge in [-0.05, 0) is 55.7 Å². The minimum atomic E-state index is -0.209. The van der Waals surface area contributed by atoms with E-state index >= 15 is 0 Å². The van der Waals surface area contributed by atoms with Crippen molar-refractivity contribution in [2.75, 3.05) is 0 Å². The van der Waals surface area contributed by atoms with E-state index < -0.39 is 0 Å². The summed E-state index contributed by atoms with van der Waals surface area (Å²) in [6.07, 6.45) is 0. The van der Waals surface area contributed by atoms with Gasteiger partial charge in [0.15, 0.2) is 0 Å². The maximum absolute atomic E-state index is 6.15. The Hall–Kier alpha value is -1.76. The topological polar surface area (TPSA) is 9.23 Å². The van der Waals surface area contributed by atoms with Crippen LogP contribution in [0.3, 0.4) is 0 Å². The van der Waals surface area contributed by atoms with E-state index in [4.69, 9.17) is 4.74 Å². The zero-order valence-corrected chi connectivity index (χ0v) is 11.4. The molecule has 0 saturated carbocycles. The molecule has 0 N–H and O–H groups in total. The molecule has 0 fully saturated rings. The maximum Gasteiger partial charge on any atom is 0.128 e. The zero-order chi connectivity index (χ0) is 12.9. The van der Waals surface area contributed by atoms with Crippen molar-refractivity contribution in [3.63, 3.8) is 0 Å². The number of fused-ring (bicyclic) bond motifs is 3. The van der Waals surface area contributed by atoms with E-state index in [-0.39, 0.29) is 5.60 Å². The third-order valence-electron chi connectivity index (χ3n) is 4.10. The van der Waals surface area contributed by atoms with Gasteiger partial charge in [0.2, 0.25) is 0 Å². The number of rotatable bonds is 0. The van der Waals surface area contributed by atoms with Gasteiger partial charge in [0, 0.05) is 5.56 Å². The quantitative estimate of drug-likeness (QED) is 0.640. The molecule has 1 nitrogen and oxygen atoms in total. The first kappa shape index (κ1) is 11.3. The molecule has 18 heavy (non-hydrogen) atoms. The Morgan fingerprint density at radius 2 is 1.67 bits per heavy atom. The van der Waals surface area contributed by atoms with E-state index in [1.54, 1.807) is 0 Å². The number of hydrogen-bond donors (Lipinski definition) is 0. The van der Waals surface area contributed by atoms with Crippen LogP contribution in [0.5, 0.6) is 5.75 Å². The lowest BCUT2D eigenvalue weighted by Gasteiger charge is -2.35. The Bertz CT molecular complexity index is 662. The molecule has 0 unspecified atom stereocenters.